The second kappa shape index (κ2) is 5.20. The molecule has 1 fully saturated rings. The van der Waals surface area contributed by atoms with E-state index in [0.29, 0.717) is 36.8 Å². The number of hydrogen-bond donors (Lipinski definition) is 1. The number of fused-ring (bicyclic) bond motifs is 1. The van der Waals surface area contributed by atoms with E-state index in [1.54, 1.807) is 29.2 Å². The Morgan fingerprint density at radius 3 is 2.52 bits per heavy atom. The summed E-state index contributed by atoms with van der Waals surface area (Å²) in [6.45, 7) is 2.70. The Hall–Kier alpha value is -2.37. The predicted molar refractivity (Wildman–Crippen MR) is 79.4 cm³/mol. The molecule has 1 aliphatic heterocycles. The number of nitrogens with one attached hydrogen (secondary N) is 1. The quantitative estimate of drug-likeness (QED) is 0.845. The van der Waals surface area contributed by atoms with Gasteiger partial charge in [0.05, 0.1) is 10.9 Å². The first-order valence-electron chi connectivity index (χ1n) is 7.07. The zero-order valence-corrected chi connectivity index (χ0v) is 11.8. The van der Waals surface area contributed by atoms with Crippen LogP contribution in [0.5, 0.6) is 0 Å². The number of rotatable bonds is 1. The number of para-hydroxylation sites is 1. The van der Waals surface area contributed by atoms with Crippen molar-refractivity contribution in [1.82, 2.24) is 14.5 Å². The monoisotopic (exact) mass is 287 g/mol. The van der Waals surface area contributed by atoms with Crippen LogP contribution in [0.1, 0.15) is 25.8 Å². The Balaban J connectivity index is 2.00. The molecule has 1 saturated heterocycles. The number of piperidine rings is 1. The van der Waals surface area contributed by atoms with Gasteiger partial charge in [0.15, 0.2) is 0 Å². The first-order valence-corrected chi connectivity index (χ1v) is 7.07. The highest BCUT2D eigenvalue weighted by atomic mass is 16.2. The van der Waals surface area contributed by atoms with Crippen LogP contribution in [-0.4, -0.2) is 33.4 Å². The van der Waals surface area contributed by atoms with Gasteiger partial charge in [0.2, 0.25) is 5.91 Å². The lowest BCUT2D eigenvalue weighted by molar-refractivity contribution is -0.130. The molecule has 1 aromatic heterocycles. The zero-order chi connectivity index (χ0) is 15.0. The van der Waals surface area contributed by atoms with Crippen molar-refractivity contribution in [1.29, 1.82) is 0 Å². The molecule has 6 heteroatoms. The van der Waals surface area contributed by atoms with Gasteiger partial charge < -0.3 is 9.88 Å². The van der Waals surface area contributed by atoms with Gasteiger partial charge in [0.1, 0.15) is 0 Å². The summed E-state index contributed by atoms with van der Waals surface area (Å²) in [6, 6.07) is 6.86. The molecule has 0 radical (unpaired) electrons. The summed E-state index contributed by atoms with van der Waals surface area (Å²) in [7, 11) is 0. The van der Waals surface area contributed by atoms with E-state index in [9.17, 15) is 14.4 Å². The van der Waals surface area contributed by atoms with Gasteiger partial charge in [-0.1, -0.05) is 12.1 Å². The lowest BCUT2D eigenvalue weighted by Crippen LogP contribution is -2.44. The summed E-state index contributed by atoms with van der Waals surface area (Å²) in [5, 5.41) is 0.520. The summed E-state index contributed by atoms with van der Waals surface area (Å²) in [5.41, 5.74) is -0.0690. The number of amides is 1. The summed E-state index contributed by atoms with van der Waals surface area (Å²) < 4.78 is 1.31. The highest BCUT2D eigenvalue weighted by molar-refractivity contribution is 5.77. The van der Waals surface area contributed by atoms with Crippen LogP contribution in [0.3, 0.4) is 0 Å². The maximum absolute atomic E-state index is 12.5. The van der Waals surface area contributed by atoms with Crippen LogP contribution < -0.4 is 11.2 Å². The van der Waals surface area contributed by atoms with E-state index in [-0.39, 0.29) is 23.2 Å². The molecule has 0 bridgehead atoms. The van der Waals surface area contributed by atoms with Crippen molar-refractivity contribution in [2.45, 2.75) is 25.8 Å². The molecule has 1 N–H and O–H groups in total. The average molecular weight is 287 g/mol. The molecule has 2 aromatic rings. The minimum absolute atomic E-state index is 0.0354. The number of nitrogens with zero attached hydrogens (tertiary/aromatic N) is 2. The van der Waals surface area contributed by atoms with Crippen molar-refractivity contribution in [3.63, 3.8) is 0 Å². The molecule has 21 heavy (non-hydrogen) atoms. The molecule has 0 saturated carbocycles. The second-order valence-corrected chi connectivity index (χ2v) is 5.39. The van der Waals surface area contributed by atoms with E-state index in [1.807, 2.05) is 0 Å². The van der Waals surface area contributed by atoms with Crippen LogP contribution in [0.2, 0.25) is 0 Å². The maximum Gasteiger partial charge on any atom is 0.329 e. The molecule has 0 spiro atoms. The van der Waals surface area contributed by atoms with Gasteiger partial charge in [-0.2, -0.15) is 0 Å². The maximum atomic E-state index is 12.5. The SMILES string of the molecule is CC(=O)N1CCC(n2c(=O)[nH]c3ccccc3c2=O)CC1. The minimum atomic E-state index is -0.375. The Labute approximate surface area is 121 Å². The third-order valence-electron chi connectivity index (χ3n) is 4.11. The molecule has 0 atom stereocenters. The van der Waals surface area contributed by atoms with Crippen molar-refractivity contribution in [3.05, 3.63) is 45.1 Å². The van der Waals surface area contributed by atoms with Crippen LogP contribution in [0.25, 0.3) is 10.9 Å². The smallest absolute Gasteiger partial charge is 0.329 e. The van der Waals surface area contributed by atoms with E-state index in [4.69, 9.17) is 0 Å². The number of carbonyl (C=O) groups is 1. The normalized spacial score (nSPS) is 16.3. The molecule has 3 rings (SSSR count). The lowest BCUT2D eigenvalue weighted by atomic mass is 10.0. The van der Waals surface area contributed by atoms with Gasteiger partial charge >= 0.3 is 5.69 Å². The second-order valence-electron chi connectivity index (χ2n) is 5.39. The van der Waals surface area contributed by atoms with E-state index in [0.717, 1.165) is 0 Å². The van der Waals surface area contributed by atoms with E-state index in [1.165, 1.54) is 11.5 Å². The fourth-order valence-corrected chi connectivity index (χ4v) is 2.95. The molecule has 110 valence electrons. The highest BCUT2D eigenvalue weighted by Gasteiger charge is 2.24. The Bertz CT molecular complexity index is 798. The van der Waals surface area contributed by atoms with E-state index in [2.05, 4.69) is 4.98 Å². The Kier molecular flexibility index (Phi) is 3.37. The number of aromatic nitrogens is 2. The standard InChI is InChI=1S/C15H17N3O3/c1-10(19)17-8-6-11(7-9-17)18-14(20)12-4-2-3-5-13(12)16-15(18)21/h2-5,11H,6-9H2,1H3,(H,16,21). The summed E-state index contributed by atoms with van der Waals surface area (Å²) in [4.78, 5) is 40.6. The van der Waals surface area contributed by atoms with Crippen LogP contribution in [-0.2, 0) is 4.79 Å². The molecule has 0 unspecified atom stereocenters. The van der Waals surface area contributed by atoms with Crippen molar-refractivity contribution in [2.24, 2.45) is 0 Å². The molecular weight excluding hydrogens is 270 g/mol. The minimum Gasteiger partial charge on any atom is -0.343 e. The van der Waals surface area contributed by atoms with Crippen LogP contribution >= 0.6 is 0 Å². The number of benzene rings is 1. The van der Waals surface area contributed by atoms with E-state index < -0.39 is 0 Å². The molecule has 1 amide bonds. The predicted octanol–water partition coefficient (Wildman–Crippen LogP) is 0.873. The Morgan fingerprint density at radius 1 is 1.19 bits per heavy atom. The number of likely N-dealkylation sites (tertiary alicyclic amines) is 1. The van der Waals surface area contributed by atoms with Gasteiger partial charge in [-0.3, -0.25) is 14.2 Å². The molecule has 1 aliphatic rings. The van der Waals surface area contributed by atoms with Crippen molar-refractivity contribution < 1.29 is 4.79 Å². The van der Waals surface area contributed by atoms with Crippen LogP contribution in [0.4, 0.5) is 0 Å². The summed E-state index contributed by atoms with van der Waals surface area (Å²) in [5.74, 6) is 0.0354. The van der Waals surface area contributed by atoms with Crippen molar-refractivity contribution in [3.8, 4) is 0 Å². The van der Waals surface area contributed by atoms with Crippen molar-refractivity contribution >= 4 is 16.8 Å². The van der Waals surface area contributed by atoms with E-state index >= 15 is 0 Å². The van der Waals surface area contributed by atoms with Gasteiger partial charge in [-0.25, -0.2) is 4.79 Å². The fourth-order valence-electron chi connectivity index (χ4n) is 2.95. The Morgan fingerprint density at radius 2 is 1.86 bits per heavy atom. The zero-order valence-electron chi connectivity index (χ0n) is 11.8. The lowest BCUT2D eigenvalue weighted by Gasteiger charge is -2.31. The third-order valence-corrected chi connectivity index (χ3v) is 4.11. The molecule has 0 aliphatic carbocycles. The largest absolute Gasteiger partial charge is 0.343 e. The fraction of sp³-hybridized carbons (Fsp3) is 0.400. The molecule has 6 nitrogen and oxygen atoms in total. The first kappa shape index (κ1) is 13.6. The number of H-pyrrole nitrogens is 1. The summed E-state index contributed by atoms with van der Waals surface area (Å²) >= 11 is 0. The topological polar surface area (TPSA) is 75.2 Å². The van der Waals surface area contributed by atoms with Crippen molar-refractivity contribution in [2.75, 3.05) is 13.1 Å². The number of hydrogen-bond acceptors (Lipinski definition) is 3. The molecule has 2 heterocycles. The molecular formula is C15H17N3O3. The first-order chi connectivity index (χ1) is 10.1. The highest BCUT2D eigenvalue weighted by Crippen LogP contribution is 2.20. The van der Waals surface area contributed by atoms with Crippen LogP contribution in [0, 0.1) is 0 Å². The third kappa shape index (κ3) is 2.37. The van der Waals surface area contributed by atoms with Gasteiger partial charge in [-0.05, 0) is 25.0 Å². The number of aromatic amines is 1. The summed E-state index contributed by atoms with van der Waals surface area (Å²) in [6.07, 6.45) is 1.25. The molecule has 1 aromatic carbocycles. The van der Waals surface area contributed by atoms with Crippen LogP contribution in [0.15, 0.2) is 33.9 Å². The van der Waals surface area contributed by atoms with Gasteiger partial charge in [0.25, 0.3) is 5.56 Å². The average Bonchev–Trinajstić information content (AvgIpc) is 2.48. The number of carbonyl (C=O) groups excluding carboxylic acids is 1. The van der Waals surface area contributed by atoms with Gasteiger partial charge in [0, 0.05) is 26.1 Å². The van der Waals surface area contributed by atoms with Gasteiger partial charge in [-0.15, -0.1) is 0 Å².